The van der Waals surface area contributed by atoms with Crippen LogP contribution in [0.1, 0.15) is 61.9 Å². The summed E-state index contributed by atoms with van der Waals surface area (Å²) in [5.74, 6) is 0.841. The second kappa shape index (κ2) is 11.0. The second-order valence-electron chi connectivity index (χ2n) is 9.98. The molecule has 38 heavy (non-hydrogen) atoms. The van der Waals surface area contributed by atoms with E-state index in [-0.39, 0.29) is 5.69 Å². The Morgan fingerprint density at radius 3 is 2.55 bits per heavy atom. The quantitative estimate of drug-likeness (QED) is 0.276. The molecule has 3 heterocycles. The van der Waals surface area contributed by atoms with Crippen molar-refractivity contribution in [1.29, 1.82) is 0 Å². The van der Waals surface area contributed by atoms with Crippen LogP contribution in [0.5, 0.6) is 0 Å². The molecule has 8 nitrogen and oxygen atoms in total. The van der Waals surface area contributed by atoms with Gasteiger partial charge in [0.25, 0.3) is 0 Å². The van der Waals surface area contributed by atoms with Crippen LogP contribution in [0.4, 0.5) is 0 Å². The van der Waals surface area contributed by atoms with Gasteiger partial charge in [0.1, 0.15) is 0 Å². The van der Waals surface area contributed by atoms with E-state index in [2.05, 4.69) is 95.8 Å². The molecule has 1 N–H and O–H groups in total. The van der Waals surface area contributed by atoms with Crippen molar-refractivity contribution in [2.24, 2.45) is 0 Å². The van der Waals surface area contributed by atoms with Crippen LogP contribution < -0.4 is 5.69 Å². The SMILES string of the molecule is CCCCc1cn(-c2c(C)cccc2C(C)C)c(=O)n1Cc1ccc(-c2cnccc2-c2nn[nH]n2)cc1. The predicted molar refractivity (Wildman–Crippen MR) is 149 cm³/mol. The fraction of sp³-hybridized carbons (Fsp3) is 0.300. The van der Waals surface area contributed by atoms with Gasteiger partial charge >= 0.3 is 5.69 Å². The summed E-state index contributed by atoms with van der Waals surface area (Å²) in [5.41, 5.74) is 8.20. The standard InChI is InChI=1S/C30H33N7O/c1-5-6-9-24-19-37(28-21(4)8-7-10-25(28)20(2)3)30(38)36(24)18-22-11-13-23(14-12-22)27-17-31-16-15-26(27)29-32-34-35-33-29/h7-8,10-17,19-20H,5-6,9,18H2,1-4H3,(H,32,33,34,35). The Labute approximate surface area is 222 Å². The van der Waals surface area contributed by atoms with Crippen molar-refractivity contribution in [3.63, 3.8) is 0 Å². The molecule has 2 aromatic carbocycles. The number of H-pyrrole nitrogens is 1. The molecular formula is C30H33N7O. The molecule has 0 aliphatic heterocycles. The summed E-state index contributed by atoms with van der Waals surface area (Å²) in [4.78, 5) is 18.1. The third kappa shape index (κ3) is 4.94. The highest BCUT2D eigenvalue weighted by Gasteiger charge is 2.18. The summed E-state index contributed by atoms with van der Waals surface area (Å²) in [7, 11) is 0. The van der Waals surface area contributed by atoms with Gasteiger partial charge in [-0.15, -0.1) is 10.2 Å². The number of unbranched alkanes of at least 4 members (excludes halogenated alkanes) is 1. The lowest BCUT2D eigenvalue weighted by Gasteiger charge is -2.15. The summed E-state index contributed by atoms with van der Waals surface area (Å²) >= 11 is 0. The topological polar surface area (TPSA) is 94.3 Å². The molecule has 194 valence electrons. The van der Waals surface area contributed by atoms with Crippen LogP contribution in [0.2, 0.25) is 0 Å². The lowest BCUT2D eigenvalue weighted by Crippen LogP contribution is -2.26. The molecule has 0 fully saturated rings. The minimum absolute atomic E-state index is 0.00281. The predicted octanol–water partition coefficient (Wildman–Crippen LogP) is 5.70. The summed E-state index contributed by atoms with van der Waals surface area (Å²) in [5, 5.41) is 14.4. The average molecular weight is 508 g/mol. The Kier molecular flexibility index (Phi) is 7.31. The zero-order valence-corrected chi connectivity index (χ0v) is 22.3. The first-order valence-electron chi connectivity index (χ1n) is 13.2. The van der Waals surface area contributed by atoms with Gasteiger partial charge in [-0.1, -0.05) is 69.7 Å². The third-order valence-electron chi connectivity index (χ3n) is 6.99. The molecule has 0 atom stereocenters. The number of rotatable bonds is 9. The Morgan fingerprint density at radius 2 is 1.84 bits per heavy atom. The largest absolute Gasteiger partial charge is 0.333 e. The van der Waals surface area contributed by atoms with Crippen LogP contribution in [-0.4, -0.2) is 34.7 Å². The van der Waals surface area contributed by atoms with Gasteiger partial charge in [-0.05, 0) is 59.2 Å². The lowest BCUT2D eigenvalue weighted by molar-refractivity contribution is 0.673. The van der Waals surface area contributed by atoms with Crippen molar-refractivity contribution < 1.29 is 0 Å². The van der Waals surface area contributed by atoms with Gasteiger partial charge in [0.15, 0.2) is 0 Å². The Morgan fingerprint density at radius 1 is 1.03 bits per heavy atom. The first-order chi connectivity index (χ1) is 18.5. The Hall–Kier alpha value is -4.33. The maximum atomic E-state index is 13.8. The van der Waals surface area contributed by atoms with Crippen molar-refractivity contribution in [1.82, 2.24) is 34.7 Å². The number of aromatic amines is 1. The maximum absolute atomic E-state index is 13.8. The first-order valence-corrected chi connectivity index (χ1v) is 13.2. The van der Waals surface area contributed by atoms with E-state index in [4.69, 9.17) is 0 Å². The summed E-state index contributed by atoms with van der Waals surface area (Å²) in [6.45, 7) is 9.12. The zero-order valence-electron chi connectivity index (χ0n) is 22.3. The molecule has 8 heteroatoms. The molecule has 0 aliphatic carbocycles. The number of hydrogen-bond donors (Lipinski definition) is 1. The van der Waals surface area contributed by atoms with E-state index in [0.717, 1.165) is 58.5 Å². The molecule has 5 rings (SSSR count). The van der Waals surface area contributed by atoms with Gasteiger partial charge in [0.05, 0.1) is 12.2 Å². The van der Waals surface area contributed by atoms with E-state index in [0.29, 0.717) is 18.3 Å². The van der Waals surface area contributed by atoms with Crippen LogP contribution in [0.3, 0.4) is 0 Å². The van der Waals surface area contributed by atoms with Gasteiger partial charge in [-0.25, -0.2) is 4.79 Å². The van der Waals surface area contributed by atoms with Crippen molar-refractivity contribution in [2.45, 2.75) is 59.4 Å². The van der Waals surface area contributed by atoms with Crippen molar-refractivity contribution >= 4 is 0 Å². The van der Waals surface area contributed by atoms with E-state index in [9.17, 15) is 4.79 Å². The highest BCUT2D eigenvalue weighted by molar-refractivity contribution is 5.79. The van der Waals surface area contributed by atoms with Crippen molar-refractivity contribution in [3.8, 4) is 28.2 Å². The molecule has 0 saturated carbocycles. The van der Waals surface area contributed by atoms with Crippen LogP contribution in [0.15, 0.2) is 71.9 Å². The summed E-state index contributed by atoms with van der Waals surface area (Å²) in [6, 6.07) is 16.4. The smallest absolute Gasteiger partial charge is 0.292 e. The van der Waals surface area contributed by atoms with Gasteiger partial charge in [-0.2, -0.15) is 5.21 Å². The number of pyridine rings is 1. The highest BCUT2D eigenvalue weighted by atomic mass is 16.1. The summed E-state index contributed by atoms with van der Waals surface area (Å²) < 4.78 is 3.78. The Balaban J connectivity index is 1.51. The molecule has 0 unspecified atom stereocenters. The maximum Gasteiger partial charge on any atom is 0.333 e. The monoisotopic (exact) mass is 507 g/mol. The van der Waals surface area contributed by atoms with E-state index < -0.39 is 0 Å². The fourth-order valence-electron chi connectivity index (χ4n) is 4.96. The number of benzene rings is 2. The molecule has 0 spiro atoms. The summed E-state index contributed by atoms with van der Waals surface area (Å²) in [6.07, 6.45) is 8.55. The highest BCUT2D eigenvalue weighted by Crippen LogP contribution is 2.29. The van der Waals surface area contributed by atoms with Crippen molar-refractivity contribution in [2.75, 3.05) is 0 Å². The third-order valence-corrected chi connectivity index (χ3v) is 6.99. The van der Waals surface area contributed by atoms with E-state index >= 15 is 0 Å². The molecule has 0 radical (unpaired) electrons. The van der Waals surface area contributed by atoms with Gasteiger partial charge in [0.2, 0.25) is 5.82 Å². The average Bonchev–Trinajstić information content (AvgIpc) is 3.57. The molecule has 3 aromatic heterocycles. The van der Waals surface area contributed by atoms with Gasteiger partial charge in [0, 0.05) is 35.4 Å². The molecule has 0 amide bonds. The van der Waals surface area contributed by atoms with Crippen LogP contribution in [0, 0.1) is 6.92 Å². The van der Waals surface area contributed by atoms with Crippen LogP contribution in [-0.2, 0) is 13.0 Å². The number of para-hydroxylation sites is 1. The van der Waals surface area contributed by atoms with E-state index in [1.54, 1.807) is 6.20 Å². The minimum atomic E-state index is 0.00281. The molecule has 0 saturated heterocycles. The van der Waals surface area contributed by atoms with Gasteiger partial charge < -0.3 is 0 Å². The molecule has 5 aromatic rings. The van der Waals surface area contributed by atoms with E-state index in [1.165, 1.54) is 5.56 Å². The number of aryl methyl sites for hydroxylation is 2. The molecular weight excluding hydrogens is 474 g/mol. The minimum Gasteiger partial charge on any atom is -0.292 e. The first kappa shape index (κ1) is 25.3. The number of aromatic nitrogens is 7. The molecule has 0 bridgehead atoms. The zero-order chi connectivity index (χ0) is 26.6. The Bertz CT molecular complexity index is 1580. The number of tetrazole rings is 1. The molecule has 0 aliphatic rings. The van der Waals surface area contributed by atoms with Crippen LogP contribution >= 0.6 is 0 Å². The normalized spacial score (nSPS) is 11.4. The number of hydrogen-bond acceptors (Lipinski definition) is 5. The van der Waals surface area contributed by atoms with Crippen LogP contribution in [0.25, 0.3) is 28.2 Å². The van der Waals surface area contributed by atoms with Crippen molar-refractivity contribution in [3.05, 3.63) is 100.0 Å². The lowest BCUT2D eigenvalue weighted by atomic mass is 9.98. The number of nitrogens with one attached hydrogen (secondary N) is 1. The number of imidazole rings is 1. The van der Waals surface area contributed by atoms with E-state index in [1.807, 2.05) is 27.6 Å². The second-order valence-corrected chi connectivity index (χ2v) is 9.98. The number of nitrogens with zero attached hydrogens (tertiary/aromatic N) is 6. The van der Waals surface area contributed by atoms with Gasteiger partial charge in [-0.3, -0.25) is 14.1 Å². The fourth-order valence-corrected chi connectivity index (χ4v) is 4.96.